The van der Waals surface area contributed by atoms with Crippen molar-refractivity contribution >= 4 is 23.1 Å². The highest BCUT2D eigenvalue weighted by Gasteiger charge is 2.13. The van der Waals surface area contributed by atoms with Gasteiger partial charge in [-0.15, -0.1) is 0 Å². The number of H-pyrrole nitrogens is 1. The van der Waals surface area contributed by atoms with Gasteiger partial charge in [-0.2, -0.15) is 10.2 Å². The normalized spacial score (nSPS) is 11.6. The van der Waals surface area contributed by atoms with Gasteiger partial charge in [-0.3, -0.25) is 9.78 Å². The molecule has 2 aromatic heterocycles. The molecular formula is C18H13F2N5. The number of rotatable bonds is 3. The molecule has 1 N–H and O–H groups in total. The molecule has 0 unspecified atom stereocenters. The number of hydrogen-bond donors (Lipinski definition) is 1. The predicted octanol–water partition coefficient (Wildman–Crippen LogP) is 3.81. The molecular weight excluding hydrogens is 324 g/mol. The molecule has 0 saturated heterocycles. The Morgan fingerprint density at radius 3 is 2.60 bits per heavy atom. The Bertz CT molecular complexity index is 1080. The zero-order chi connectivity index (χ0) is 17.4. The van der Waals surface area contributed by atoms with Crippen molar-refractivity contribution in [2.45, 2.75) is 0 Å². The number of halogens is 2. The van der Waals surface area contributed by atoms with E-state index >= 15 is 0 Å². The number of nitrogens with one attached hydrogen (secondary N) is 1. The Morgan fingerprint density at radius 2 is 1.88 bits per heavy atom. The molecule has 7 heteroatoms. The van der Waals surface area contributed by atoms with Crippen molar-refractivity contribution in [3.63, 3.8) is 0 Å². The zero-order valence-corrected chi connectivity index (χ0v) is 13.2. The van der Waals surface area contributed by atoms with Gasteiger partial charge in [-0.25, -0.2) is 13.8 Å². The zero-order valence-electron chi connectivity index (χ0n) is 13.2. The minimum Gasteiger partial charge on any atom is -0.274 e. The first kappa shape index (κ1) is 15.2. The second kappa shape index (κ2) is 5.94. The fourth-order valence-electron chi connectivity index (χ4n) is 2.58. The third-order valence-electron chi connectivity index (χ3n) is 3.82. The molecule has 2 heterocycles. The topological polar surface area (TPSA) is 59.4 Å². The standard InChI is InChI=1S/C18H13F2N5/c1-25-10-21-18(24-25)12-8-14-16(22-23-17(14)15(20)9-12)7-4-11-2-5-13(19)6-3-11/h2-10H,1H3,(H,22,23). The van der Waals surface area contributed by atoms with Crippen molar-refractivity contribution in [2.75, 3.05) is 0 Å². The Hall–Kier alpha value is -3.35. The molecule has 0 aliphatic heterocycles. The molecule has 0 radical (unpaired) electrons. The lowest BCUT2D eigenvalue weighted by molar-refractivity contribution is 0.627. The van der Waals surface area contributed by atoms with Crippen LogP contribution in [-0.4, -0.2) is 25.0 Å². The van der Waals surface area contributed by atoms with E-state index in [0.717, 1.165) is 5.56 Å². The van der Waals surface area contributed by atoms with Gasteiger partial charge in [0.1, 0.15) is 23.5 Å². The molecule has 0 spiro atoms. The summed E-state index contributed by atoms with van der Waals surface area (Å²) in [4.78, 5) is 4.15. The first-order valence-electron chi connectivity index (χ1n) is 7.57. The minimum absolute atomic E-state index is 0.294. The number of hydrogen-bond acceptors (Lipinski definition) is 3. The number of aromatic amines is 1. The lowest BCUT2D eigenvalue weighted by Gasteiger charge is -1.99. The number of aryl methyl sites for hydroxylation is 1. The fourth-order valence-corrected chi connectivity index (χ4v) is 2.58. The lowest BCUT2D eigenvalue weighted by Crippen LogP contribution is -1.89. The summed E-state index contributed by atoms with van der Waals surface area (Å²) in [6, 6.07) is 9.25. The number of nitrogens with zero attached hydrogens (tertiary/aromatic N) is 4. The number of aromatic nitrogens is 5. The van der Waals surface area contributed by atoms with Crippen LogP contribution >= 0.6 is 0 Å². The van der Waals surface area contributed by atoms with Crippen LogP contribution in [0.15, 0.2) is 42.7 Å². The predicted molar refractivity (Wildman–Crippen MR) is 91.4 cm³/mol. The summed E-state index contributed by atoms with van der Waals surface area (Å²) >= 11 is 0. The van der Waals surface area contributed by atoms with Crippen LogP contribution in [0, 0.1) is 11.6 Å². The largest absolute Gasteiger partial charge is 0.274 e. The van der Waals surface area contributed by atoms with Crippen LogP contribution in [0.1, 0.15) is 11.3 Å². The van der Waals surface area contributed by atoms with E-state index in [9.17, 15) is 8.78 Å². The highest BCUT2D eigenvalue weighted by Crippen LogP contribution is 2.26. The summed E-state index contributed by atoms with van der Waals surface area (Å²) in [7, 11) is 1.75. The van der Waals surface area contributed by atoms with E-state index in [1.807, 2.05) is 0 Å². The van der Waals surface area contributed by atoms with Gasteiger partial charge in [0.15, 0.2) is 5.82 Å². The van der Waals surface area contributed by atoms with E-state index in [0.29, 0.717) is 28.0 Å². The first-order chi connectivity index (χ1) is 12.1. The van der Waals surface area contributed by atoms with Gasteiger partial charge in [-0.05, 0) is 35.9 Å². The van der Waals surface area contributed by atoms with Crippen LogP contribution < -0.4 is 0 Å². The maximum Gasteiger partial charge on any atom is 0.181 e. The van der Waals surface area contributed by atoms with Gasteiger partial charge in [-0.1, -0.05) is 18.2 Å². The van der Waals surface area contributed by atoms with E-state index in [1.54, 1.807) is 48.4 Å². The van der Waals surface area contributed by atoms with E-state index < -0.39 is 5.82 Å². The molecule has 4 aromatic rings. The van der Waals surface area contributed by atoms with Crippen molar-refractivity contribution in [2.24, 2.45) is 7.05 Å². The molecule has 0 amide bonds. The summed E-state index contributed by atoms with van der Waals surface area (Å²) in [5, 5.41) is 11.7. The van der Waals surface area contributed by atoms with Crippen LogP contribution in [-0.2, 0) is 7.05 Å². The molecule has 0 saturated carbocycles. The Morgan fingerprint density at radius 1 is 1.08 bits per heavy atom. The van der Waals surface area contributed by atoms with Crippen molar-refractivity contribution in [1.82, 2.24) is 25.0 Å². The van der Waals surface area contributed by atoms with E-state index in [2.05, 4.69) is 20.3 Å². The van der Waals surface area contributed by atoms with Gasteiger partial charge in [0.05, 0.1) is 5.69 Å². The number of fused-ring (bicyclic) bond motifs is 1. The number of benzene rings is 2. The molecule has 124 valence electrons. The van der Waals surface area contributed by atoms with Crippen molar-refractivity contribution in [3.8, 4) is 11.4 Å². The van der Waals surface area contributed by atoms with Gasteiger partial charge >= 0.3 is 0 Å². The minimum atomic E-state index is -0.422. The molecule has 4 rings (SSSR count). The molecule has 0 aliphatic rings. The van der Waals surface area contributed by atoms with Gasteiger partial charge < -0.3 is 0 Å². The summed E-state index contributed by atoms with van der Waals surface area (Å²) < 4.78 is 28.9. The summed E-state index contributed by atoms with van der Waals surface area (Å²) in [5.74, 6) is -0.274. The summed E-state index contributed by atoms with van der Waals surface area (Å²) in [6.07, 6.45) is 5.10. The van der Waals surface area contributed by atoms with Crippen molar-refractivity contribution < 1.29 is 8.78 Å². The molecule has 25 heavy (non-hydrogen) atoms. The molecule has 0 aliphatic carbocycles. The summed E-state index contributed by atoms with van der Waals surface area (Å²) in [6.45, 7) is 0. The van der Waals surface area contributed by atoms with Crippen molar-refractivity contribution in [1.29, 1.82) is 0 Å². The smallest absolute Gasteiger partial charge is 0.181 e. The van der Waals surface area contributed by atoms with E-state index in [-0.39, 0.29) is 5.82 Å². The monoisotopic (exact) mass is 337 g/mol. The van der Waals surface area contributed by atoms with Gasteiger partial charge in [0.2, 0.25) is 0 Å². The highest BCUT2D eigenvalue weighted by molar-refractivity contribution is 5.92. The van der Waals surface area contributed by atoms with Crippen LogP contribution in [0.5, 0.6) is 0 Å². The molecule has 0 atom stereocenters. The first-order valence-corrected chi connectivity index (χ1v) is 7.57. The Kier molecular flexibility index (Phi) is 3.61. The molecule has 0 fully saturated rings. The average molecular weight is 337 g/mol. The maximum atomic E-state index is 14.4. The molecule has 2 aromatic carbocycles. The lowest BCUT2D eigenvalue weighted by atomic mass is 10.1. The van der Waals surface area contributed by atoms with Crippen LogP contribution in [0.4, 0.5) is 8.78 Å². The second-order valence-electron chi connectivity index (χ2n) is 5.62. The third kappa shape index (κ3) is 2.91. The van der Waals surface area contributed by atoms with E-state index in [4.69, 9.17) is 0 Å². The maximum absolute atomic E-state index is 14.4. The fraction of sp³-hybridized carbons (Fsp3) is 0.0556. The van der Waals surface area contributed by atoms with Gasteiger partial charge in [0.25, 0.3) is 0 Å². The van der Waals surface area contributed by atoms with Crippen LogP contribution in [0.2, 0.25) is 0 Å². The average Bonchev–Trinajstić information content (AvgIpc) is 3.21. The van der Waals surface area contributed by atoms with Crippen LogP contribution in [0.25, 0.3) is 34.4 Å². The van der Waals surface area contributed by atoms with Crippen molar-refractivity contribution in [3.05, 3.63) is 65.6 Å². The highest BCUT2D eigenvalue weighted by atomic mass is 19.1. The molecule has 5 nitrogen and oxygen atoms in total. The SMILES string of the molecule is Cn1cnc(-c2cc(F)c3[nH]nc(C=Cc4ccc(F)cc4)c3c2)n1. The van der Waals surface area contributed by atoms with Gasteiger partial charge in [0, 0.05) is 18.0 Å². The molecule has 0 bridgehead atoms. The van der Waals surface area contributed by atoms with Crippen LogP contribution in [0.3, 0.4) is 0 Å². The third-order valence-corrected chi connectivity index (χ3v) is 3.82. The second-order valence-corrected chi connectivity index (χ2v) is 5.62. The Balaban J connectivity index is 1.77. The Labute approximate surface area is 141 Å². The quantitative estimate of drug-likeness (QED) is 0.618. The summed E-state index contributed by atoms with van der Waals surface area (Å²) in [5.41, 5.74) is 2.29. The van der Waals surface area contributed by atoms with E-state index in [1.165, 1.54) is 18.2 Å².